The molecule has 3 nitrogen and oxygen atoms in total. The molecule has 0 aliphatic heterocycles. The van der Waals surface area contributed by atoms with Gasteiger partial charge in [-0.25, -0.2) is 4.98 Å². The Kier molecular flexibility index (Phi) is 3.30. The van der Waals surface area contributed by atoms with Crippen LogP contribution >= 0.6 is 22.9 Å². The summed E-state index contributed by atoms with van der Waals surface area (Å²) in [6.45, 7) is 0. The molecule has 1 unspecified atom stereocenters. The average molecular weight is 240 g/mol. The molecule has 2 N–H and O–H groups in total. The summed E-state index contributed by atoms with van der Waals surface area (Å²) in [5, 5.41) is 2.61. The number of pyridine rings is 1. The van der Waals surface area contributed by atoms with Crippen molar-refractivity contribution in [2.45, 2.75) is 12.5 Å². The normalized spacial score (nSPS) is 12.7. The van der Waals surface area contributed by atoms with E-state index in [-0.39, 0.29) is 6.04 Å². The molecule has 0 saturated carbocycles. The van der Waals surface area contributed by atoms with Crippen LogP contribution in [-0.2, 0) is 6.42 Å². The zero-order chi connectivity index (χ0) is 10.7. The SMILES string of the molecule is NC(Cc1ccncc1Cl)c1cscn1. The van der Waals surface area contributed by atoms with Crippen LogP contribution in [0.2, 0.25) is 5.02 Å². The van der Waals surface area contributed by atoms with Crippen LogP contribution in [0.1, 0.15) is 17.3 Å². The van der Waals surface area contributed by atoms with Gasteiger partial charge in [-0.15, -0.1) is 11.3 Å². The van der Waals surface area contributed by atoms with Gasteiger partial charge in [0.1, 0.15) is 0 Å². The third-order valence-electron chi connectivity index (χ3n) is 2.13. The van der Waals surface area contributed by atoms with E-state index in [1.165, 1.54) is 0 Å². The minimum Gasteiger partial charge on any atom is -0.322 e. The van der Waals surface area contributed by atoms with Crippen LogP contribution in [-0.4, -0.2) is 9.97 Å². The van der Waals surface area contributed by atoms with Gasteiger partial charge in [-0.3, -0.25) is 4.98 Å². The maximum Gasteiger partial charge on any atom is 0.0795 e. The third-order valence-corrected chi connectivity index (χ3v) is 3.07. The molecule has 0 saturated heterocycles. The molecule has 15 heavy (non-hydrogen) atoms. The highest BCUT2D eigenvalue weighted by Gasteiger charge is 2.10. The van der Waals surface area contributed by atoms with Gasteiger partial charge >= 0.3 is 0 Å². The molecule has 0 aromatic carbocycles. The summed E-state index contributed by atoms with van der Waals surface area (Å²) in [5.74, 6) is 0. The van der Waals surface area contributed by atoms with Crippen molar-refractivity contribution in [1.29, 1.82) is 0 Å². The van der Waals surface area contributed by atoms with Crippen LogP contribution in [0.5, 0.6) is 0 Å². The quantitative estimate of drug-likeness (QED) is 0.895. The van der Waals surface area contributed by atoms with Crippen LogP contribution < -0.4 is 5.73 Å². The molecule has 0 amide bonds. The van der Waals surface area contributed by atoms with Gasteiger partial charge < -0.3 is 5.73 Å². The molecule has 0 aliphatic rings. The second-order valence-electron chi connectivity index (χ2n) is 3.19. The third kappa shape index (κ3) is 2.53. The number of hydrogen-bond donors (Lipinski definition) is 1. The number of nitrogens with two attached hydrogens (primary N) is 1. The first-order valence-electron chi connectivity index (χ1n) is 4.49. The lowest BCUT2D eigenvalue weighted by molar-refractivity contribution is 0.701. The van der Waals surface area contributed by atoms with Gasteiger partial charge in [-0.05, 0) is 18.1 Å². The summed E-state index contributed by atoms with van der Waals surface area (Å²) >= 11 is 7.54. The Morgan fingerprint density at radius 1 is 1.53 bits per heavy atom. The Balaban J connectivity index is 2.13. The van der Waals surface area contributed by atoms with E-state index in [1.54, 1.807) is 29.2 Å². The largest absolute Gasteiger partial charge is 0.322 e. The fraction of sp³-hybridized carbons (Fsp3) is 0.200. The van der Waals surface area contributed by atoms with E-state index in [9.17, 15) is 0 Å². The van der Waals surface area contributed by atoms with Crippen LogP contribution in [0.25, 0.3) is 0 Å². The van der Waals surface area contributed by atoms with E-state index in [4.69, 9.17) is 17.3 Å². The molecule has 0 fully saturated rings. The Bertz CT molecular complexity index is 430. The van der Waals surface area contributed by atoms with Crippen molar-refractivity contribution >= 4 is 22.9 Å². The molecular weight excluding hydrogens is 230 g/mol. The summed E-state index contributed by atoms with van der Waals surface area (Å²) in [7, 11) is 0. The molecule has 0 radical (unpaired) electrons. The van der Waals surface area contributed by atoms with Gasteiger partial charge in [0.05, 0.1) is 22.3 Å². The van der Waals surface area contributed by atoms with Gasteiger partial charge in [-0.1, -0.05) is 11.6 Å². The standard InChI is InChI=1S/C10H10ClN3S/c11-8-4-13-2-1-7(8)3-9(12)10-5-15-6-14-10/h1-2,4-6,9H,3,12H2. The van der Waals surface area contributed by atoms with Gasteiger partial charge in [-0.2, -0.15) is 0 Å². The smallest absolute Gasteiger partial charge is 0.0795 e. The summed E-state index contributed by atoms with van der Waals surface area (Å²) in [6, 6.07) is 1.78. The van der Waals surface area contributed by atoms with Crippen molar-refractivity contribution < 1.29 is 0 Å². The van der Waals surface area contributed by atoms with Crippen molar-refractivity contribution in [2.75, 3.05) is 0 Å². The molecule has 0 aliphatic carbocycles. The van der Waals surface area contributed by atoms with Crippen LogP contribution in [0.15, 0.2) is 29.4 Å². The highest BCUT2D eigenvalue weighted by atomic mass is 35.5. The van der Waals surface area contributed by atoms with Crippen molar-refractivity contribution in [3.8, 4) is 0 Å². The predicted octanol–water partition coefficient (Wildman–Crippen LogP) is 2.43. The number of hydrogen-bond acceptors (Lipinski definition) is 4. The molecule has 1 atom stereocenters. The zero-order valence-corrected chi connectivity index (χ0v) is 9.50. The van der Waals surface area contributed by atoms with Crippen LogP contribution in [0.3, 0.4) is 0 Å². The van der Waals surface area contributed by atoms with Crippen molar-refractivity contribution in [2.24, 2.45) is 5.73 Å². The van der Waals surface area contributed by atoms with E-state index in [0.29, 0.717) is 11.4 Å². The van der Waals surface area contributed by atoms with Gasteiger partial charge in [0.15, 0.2) is 0 Å². The summed E-state index contributed by atoms with van der Waals surface area (Å²) in [6.07, 6.45) is 4.03. The van der Waals surface area contributed by atoms with E-state index in [2.05, 4.69) is 9.97 Å². The Labute approximate surface area is 96.9 Å². The number of halogens is 1. The Morgan fingerprint density at radius 2 is 2.40 bits per heavy atom. The predicted molar refractivity (Wildman–Crippen MR) is 62.0 cm³/mol. The maximum atomic E-state index is 6.01. The topological polar surface area (TPSA) is 51.8 Å². The summed E-state index contributed by atoms with van der Waals surface area (Å²) in [4.78, 5) is 8.11. The van der Waals surface area contributed by atoms with Crippen molar-refractivity contribution in [3.05, 3.63) is 45.6 Å². The maximum absolute atomic E-state index is 6.01. The van der Waals surface area contributed by atoms with Gasteiger partial charge in [0.2, 0.25) is 0 Å². The first kappa shape index (κ1) is 10.5. The minimum atomic E-state index is -0.101. The lowest BCUT2D eigenvalue weighted by Gasteiger charge is -2.09. The molecule has 2 heterocycles. The van der Waals surface area contributed by atoms with Crippen molar-refractivity contribution in [3.63, 3.8) is 0 Å². The number of thiazole rings is 1. The number of rotatable bonds is 3. The molecule has 78 valence electrons. The Hall–Kier alpha value is -0.970. The summed E-state index contributed by atoms with van der Waals surface area (Å²) < 4.78 is 0. The van der Waals surface area contributed by atoms with Gasteiger partial charge in [0.25, 0.3) is 0 Å². The average Bonchev–Trinajstić information content (AvgIpc) is 2.74. The lowest BCUT2D eigenvalue weighted by Crippen LogP contribution is -2.13. The molecule has 0 spiro atoms. The summed E-state index contributed by atoms with van der Waals surface area (Å²) in [5.41, 5.74) is 9.70. The monoisotopic (exact) mass is 239 g/mol. The highest BCUT2D eigenvalue weighted by Crippen LogP contribution is 2.20. The number of nitrogens with zero attached hydrogens (tertiary/aromatic N) is 2. The second-order valence-corrected chi connectivity index (χ2v) is 4.32. The lowest BCUT2D eigenvalue weighted by atomic mass is 10.1. The van der Waals surface area contributed by atoms with Crippen LogP contribution in [0.4, 0.5) is 0 Å². The molecule has 0 bridgehead atoms. The fourth-order valence-corrected chi connectivity index (χ4v) is 2.13. The van der Waals surface area contributed by atoms with E-state index in [0.717, 1.165) is 11.3 Å². The van der Waals surface area contributed by atoms with Crippen molar-refractivity contribution in [1.82, 2.24) is 9.97 Å². The fourth-order valence-electron chi connectivity index (χ4n) is 1.32. The molecule has 2 rings (SSSR count). The molecule has 2 aromatic heterocycles. The molecule has 2 aromatic rings. The minimum absolute atomic E-state index is 0.101. The zero-order valence-electron chi connectivity index (χ0n) is 7.93. The highest BCUT2D eigenvalue weighted by molar-refractivity contribution is 7.07. The molecule has 5 heteroatoms. The first-order valence-corrected chi connectivity index (χ1v) is 5.81. The molecular formula is C10H10ClN3S. The number of aromatic nitrogens is 2. The van der Waals surface area contributed by atoms with Gasteiger partial charge in [0, 0.05) is 17.8 Å². The Morgan fingerprint density at radius 3 is 3.07 bits per heavy atom. The van der Waals surface area contributed by atoms with E-state index in [1.807, 2.05) is 11.4 Å². The second kappa shape index (κ2) is 4.70. The first-order chi connectivity index (χ1) is 7.27. The van der Waals surface area contributed by atoms with E-state index < -0.39 is 0 Å². The van der Waals surface area contributed by atoms with E-state index >= 15 is 0 Å². The van der Waals surface area contributed by atoms with Crippen LogP contribution in [0, 0.1) is 0 Å².